The summed E-state index contributed by atoms with van der Waals surface area (Å²) in [5, 5.41) is 10.5. The average molecular weight is 347 g/mol. The first-order valence-electron chi connectivity index (χ1n) is 7.80. The Labute approximate surface area is 145 Å². The van der Waals surface area contributed by atoms with Crippen LogP contribution in [0.15, 0.2) is 36.7 Å². The molecule has 126 valence electrons. The lowest BCUT2D eigenvalue weighted by atomic mass is 10.0. The minimum atomic E-state index is -0.355. The molecule has 1 fully saturated rings. The van der Waals surface area contributed by atoms with E-state index in [2.05, 4.69) is 15.7 Å². The smallest absolute Gasteiger partial charge is 0.251 e. The van der Waals surface area contributed by atoms with Crippen molar-refractivity contribution < 1.29 is 9.59 Å². The number of benzene rings is 1. The molecule has 1 aliphatic heterocycles. The fourth-order valence-corrected chi connectivity index (χ4v) is 2.89. The lowest BCUT2D eigenvalue weighted by Gasteiger charge is -2.24. The molecular formula is C17H19ClN4O2. The summed E-state index contributed by atoms with van der Waals surface area (Å²) < 4.78 is 1.74. The number of halogens is 1. The maximum absolute atomic E-state index is 12.2. The Morgan fingerprint density at radius 3 is 2.75 bits per heavy atom. The molecule has 3 rings (SSSR count). The molecule has 1 aromatic carbocycles. The van der Waals surface area contributed by atoms with E-state index in [9.17, 15) is 9.59 Å². The molecule has 1 aliphatic rings. The fraction of sp³-hybridized carbons (Fsp3) is 0.353. The Hall–Kier alpha value is -2.34. The maximum Gasteiger partial charge on any atom is 0.251 e. The molecule has 1 unspecified atom stereocenters. The number of nitrogens with one attached hydrogen (secondary N) is 2. The number of hydrogen-bond donors (Lipinski definition) is 2. The molecule has 0 spiro atoms. The summed E-state index contributed by atoms with van der Waals surface area (Å²) >= 11 is 5.84. The Morgan fingerprint density at radius 2 is 2.17 bits per heavy atom. The number of rotatable bonds is 5. The first-order chi connectivity index (χ1) is 11.4. The predicted octanol–water partition coefficient (Wildman–Crippen LogP) is 1.98. The first-order valence-corrected chi connectivity index (χ1v) is 8.17. The molecule has 2 aromatic rings. The standard InChI is InChI=1S/C17H19ClN4O2/c1-17(7-6-15(23)21-17)11-19-16(24)13-4-2-12(3-5-13)9-22-10-14(18)8-20-22/h2-5,8,10H,6-7,9,11H2,1H3,(H,19,24)(H,21,23). The summed E-state index contributed by atoms with van der Waals surface area (Å²) in [5.41, 5.74) is 1.26. The van der Waals surface area contributed by atoms with Gasteiger partial charge in [-0.25, -0.2) is 0 Å². The van der Waals surface area contributed by atoms with Crippen molar-refractivity contribution in [2.45, 2.75) is 31.8 Å². The van der Waals surface area contributed by atoms with Crippen LogP contribution in [0.2, 0.25) is 5.02 Å². The molecule has 0 bridgehead atoms. The zero-order valence-corrected chi connectivity index (χ0v) is 14.1. The molecule has 2 heterocycles. The van der Waals surface area contributed by atoms with Crippen LogP contribution in [0.25, 0.3) is 0 Å². The van der Waals surface area contributed by atoms with Crippen LogP contribution in [-0.2, 0) is 11.3 Å². The van der Waals surface area contributed by atoms with Crippen LogP contribution >= 0.6 is 11.6 Å². The summed E-state index contributed by atoms with van der Waals surface area (Å²) in [4.78, 5) is 23.6. The number of aromatic nitrogens is 2. The molecule has 2 amide bonds. The van der Waals surface area contributed by atoms with Crippen molar-refractivity contribution in [1.29, 1.82) is 0 Å². The molecule has 0 radical (unpaired) electrons. The third kappa shape index (κ3) is 3.94. The van der Waals surface area contributed by atoms with Crippen molar-refractivity contribution >= 4 is 23.4 Å². The van der Waals surface area contributed by atoms with Crippen molar-refractivity contribution in [1.82, 2.24) is 20.4 Å². The van der Waals surface area contributed by atoms with Gasteiger partial charge in [-0.3, -0.25) is 14.3 Å². The molecule has 0 aliphatic carbocycles. The SMILES string of the molecule is CC1(CNC(=O)c2ccc(Cn3cc(Cl)cn3)cc2)CCC(=O)N1. The van der Waals surface area contributed by atoms with E-state index in [1.807, 2.05) is 19.1 Å². The highest BCUT2D eigenvalue weighted by molar-refractivity contribution is 6.30. The monoisotopic (exact) mass is 346 g/mol. The average Bonchev–Trinajstić information content (AvgIpc) is 3.11. The van der Waals surface area contributed by atoms with Crippen LogP contribution in [0, 0.1) is 0 Å². The lowest BCUT2D eigenvalue weighted by molar-refractivity contribution is -0.119. The number of carbonyl (C=O) groups is 2. The van der Waals surface area contributed by atoms with Crippen molar-refractivity contribution in [3.63, 3.8) is 0 Å². The maximum atomic E-state index is 12.2. The highest BCUT2D eigenvalue weighted by atomic mass is 35.5. The van der Waals surface area contributed by atoms with E-state index in [-0.39, 0.29) is 17.4 Å². The molecular weight excluding hydrogens is 328 g/mol. The van der Waals surface area contributed by atoms with Gasteiger partial charge in [0.1, 0.15) is 0 Å². The van der Waals surface area contributed by atoms with Gasteiger partial charge in [0.05, 0.1) is 23.3 Å². The summed E-state index contributed by atoms with van der Waals surface area (Å²) in [6.45, 7) is 2.96. The second-order valence-electron chi connectivity index (χ2n) is 6.34. The number of nitrogens with zero attached hydrogens (tertiary/aromatic N) is 2. The van der Waals surface area contributed by atoms with Gasteiger partial charge in [-0.05, 0) is 31.0 Å². The summed E-state index contributed by atoms with van der Waals surface area (Å²) in [6, 6.07) is 7.35. The Kier molecular flexibility index (Phi) is 4.57. The topological polar surface area (TPSA) is 76.0 Å². The van der Waals surface area contributed by atoms with E-state index >= 15 is 0 Å². The number of carbonyl (C=O) groups excluding carboxylic acids is 2. The molecule has 1 aromatic heterocycles. The first kappa shape index (κ1) is 16.5. The van der Waals surface area contributed by atoms with Crippen molar-refractivity contribution in [3.8, 4) is 0 Å². The Balaban J connectivity index is 1.56. The minimum absolute atomic E-state index is 0.0369. The lowest BCUT2D eigenvalue weighted by Crippen LogP contribution is -2.48. The third-order valence-corrected chi connectivity index (χ3v) is 4.34. The van der Waals surface area contributed by atoms with Crippen molar-refractivity contribution in [3.05, 3.63) is 52.8 Å². The molecule has 1 saturated heterocycles. The van der Waals surface area contributed by atoms with Crippen LogP contribution in [0.5, 0.6) is 0 Å². The quantitative estimate of drug-likeness (QED) is 0.869. The zero-order valence-electron chi connectivity index (χ0n) is 13.4. The van der Waals surface area contributed by atoms with Crippen molar-refractivity contribution in [2.75, 3.05) is 6.54 Å². The second-order valence-corrected chi connectivity index (χ2v) is 6.78. The normalized spacial score (nSPS) is 20.0. The Bertz CT molecular complexity index is 756. The number of hydrogen-bond acceptors (Lipinski definition) is 3. The number of amides is 2. The zero-order chi connectivity index (χ0) is 17.2. The van der Waals surface area contributed by atoms with Gasteiger partial charge < -0.3 is 10.6 Å². The van der Waals surface area contributed by atoms with E-state index in [4.69, 9.17) is 11.6 Å². The van der Waals surface area contributed by atoms with Gasteiger partial charge in [-0.15, -0.1) is 0 Å². The third-order valence-electron chi connectivity index (χ3n) is 4.15. The van der Waals surface area contributed by atoms with Gasteiger partial charge in [-0.2, -0.15) is 5.10 Å². The largest absolute Gasteiger partial charge is 0.350 e. The minimum Gasteiger partial charge on any atom is -0.350 e. The summed E-state index contributed by atoms with van der Waals surface area (Å²) in [6.07, 6.45) is 4.58. The molecule has 6 nitrogen and oxygen atoms in total. The fourth-order valence-electron chi connectivity index (χ4n) is 2.73. The van der Waals surface area contributed by atoms with Gasteiger partial charge in [-0.1, -0.05) is 23.7 Å². The molecule has 24 heavy (non-hydrogen) atoms. The van der Waals surface area contributed by atoms with Crippen LogP contribution in [0.3, 0.4) is 0 Å². The van der Waals surface area contributed by atoms with Gasteiger partial charge in [0.2, 0.25) is 5.91 Å². The van der Waals surface area contributed by atoms with Crippen LogP contribution in [-0.4, -0.2) is 33.7 Å². The molecule has 1 atom stereocenters. The van der Waals surface area contributed by atoms with E-state index in [1.165, 1.54) is 0 Å². The van der Waals surface area contributed by atoms with Crippen LogP contribution in [0.4, 0.5) is 0 Å². The van der Waals surface area contributed by atoms with Gasteiger partial charge in [0.25, 0.3) is 5.91 Å². The highest BCUT2D eigenvalue weighted by Gasteiger charge is 2.33. The van der Waals surface area contributed by atoms with E-state index < -0.39 is 0 Å². The summed E-state index contributed by atoms with van der Waals surface area (Å²) in [7, 11) is 0. The van der Waals surface area contributed by atoms with E-state index in [0.717, 1.165) is 12.0 Å². The van der Waals surface area contributed by atoms with Crippen LogP contribution < -0.4 is 10.6 Å². The molecule has 0 saturated carbocycles. The molecule has 7 heteroatoms. The van der Waals surface area contributed by atoms with E-state index in [0.29, 0.717) is 30.1 Å². The van der Waals surface area contributed by atoms with Gasteiger partial charge >= 0.3 is 0 Å². The highest BCUT2D eigenvalue weighted by Crippen LogP contribution is 2.18. The van der Waals surface area contributed by atoms with Gasteiger partial charge in [0.15, 0.2) is 0 Å². The second kappa shape index (κ2) is 6.65. The van der Waals surface area contributed by atoms with Crippen LogP contribution in [0.1, 0.15) is 35.7 Å². The van der Waals surface area contributed by atoms with E-state index in [1.54, 1.807) is 29.2 Å². The van der Waals surface area contributed by atoms with Gasteiger partial charge in [0, 0.05) is 24.7 Å². The van der Waals surface area contributed by atoms with Crippen molar-refractivity contribution in [2.24, 2.45) is 0 Å². The molecule has 2 N–H and O–H groups in total. The summed E-state index contributed by atoms with van der Waals surface area (Å²) in [5.74, 6) is -0.110. The Morgan fingerprint density at radius 1 is 1.42 bits per heavy atom. The predicted molar refractivity (Wildman–Crippen MR) is 90.9 cm³/mol.